The van der Waals surface area contributed by atoms with Crippen molar-refractivity contribution >= 4 is 22.9 Å². The average Bonchev–Trinajstić information content (AvgIpc) is 3.13. The van der Waals surface area contributed by atoms with Gasteiger partial charge >= 0.3 is 0 Å². The number of benzene rings is 1. The Kier molecular flexibility index (Phi) is 4.61. The summed E-state index contributed by atoms with van der Waals surface area (Å²) < 4.78 is 7.03. The van der Waals surface area contributed by atoms with E-state index in [-0.39, 0.29) is 12.3 Å². The maximum Gasteiger partial charge on any atom is 0.230 e. The van der Waals surface area contributed by atoms with Gasteiger partial charge in [-0.1, -0.05) is 12.1 Å². The van der Waals surface area contributed by atoms with Crippen LogP contribution in [0.15, 0.2) is 35.7 Å². The van der Waals surface area contributed by atoms with Crippen molar-refractivity contribution in [2.45, 2.75) is 20.3 Å². The molecule has 0 aliphatic rings. The normalized spacial score (nSPS) is 10.6. The number of hydrogen-bond acceptors (Lipinski definition) is 5. The van der Waals surface area contributed by atoms with Gasteiger partial charge in [0.1, 0.15) is 5.75 Å². The minimum Gasteiger partial charge on any atom is -0.495 e. The number of ether oxygens (including phenoxy) is 1. The SMILES string of the molecule is COc1ccccc1NC(=O)Cc1csc(-n2nc(C)cc2C)n1. The van der Waals surface area contributed by atoms with E-state index in [1.807, 2.05) is 37.4 Å². The highest BCUT2D eigenvalue weighted by atomic mass is 32.1. The number of aromatic nitrogens is 3. The second-order valence-electron chi connectivity index (χ2n) is 5.39. The van der Waals surface area contributed by atoms with E-state index in [4.69, 9.17) is 4.74 Å². The molecular weight excluding hydrogens is 324 g/mol. The molecule has 0 saturated heterocycles. The largest absolute Gasteiger partial charge is 0.495 e. The van der Waals surface area contributed by atoms with Crippen molar-refractivity contribution in [2.75, 3.05) is 12.4 Å². The molecule has 0 aliphatic carbocycles. The Labute approximate surface area is 144 Å². The van der Waals surface area contributed by atoms with Crippen LogP contribution >= 0.6 is 11.3 Å². The first-order chi connectivity index (χ1) is 11.6. The maximum atomic E-state index is 12.2. The van der Waals surface area contributed by atoms with Gasteiger partial charge < -0.3 is 10.1 Å². The number of thiazole rings is 1. The summed E-state index contributed by atoms with van der Waals surface area (Å²) >= 11 is 1.47. The second kappa shape index (κ2) is 6.84. The molecule has 1 aromatic carbocycles. The molecule has 24 heavy (non-hydrogen) atoms. The molecule has 2 aromatic heterocycles. The number of nitrogens with zero attached hydrogens (tertiary/aromatic N) is 3. The van der Waals surface area contributed by atoms with E-state index in [1.165, 1.54) is 11.3 Å². The topological polar surface area (TPSA) is 69.0 Å². The first-order valence-electron chi connectivity index (χ1n) is 7.47. The minimum atomic E-state index is -0.135. The summed E-state index contributed by atoms with van der Waals surface area (Å²) in [6.07, 6.45) is 0.202. The molecule has 1 N–H and O–H groups in total. The van der Waals surface area contributed by atoms with Gasteiger partial charge in [0.2, 0.25) is 11.0 Å². The molecule has 0 bridgehead atoms. The molecule has 0 spiro atoms. The average molecular weight is 342 g/mol. The second-order valence-corrected chi connectivity index (χ2v) is 6.22. The number of amides is 1. The van der Waals surface area contributed by atoms with Gasteiger partial charge in [-0.25, -0.2) is 9.67 Å². The van der Waals surface area contributed by atoms with Gasteiger partial charge in [-0.05, 0) is 32.0 Å². The molecule has 1 amide bonds. The molecule has 0 radical (unpaired) electrons. The van der Waals surface area contributed by atoms with Crippen molar-refractivity contribution in [1.82, 2.24) is 14.8 Å². The van der Waals surface area contributed by atoms with E-state index in [2.05, 4.69) is 15.4 Å². The summed E-state index contributed by atoms with van der Waals surface area (Å²) in [4.78, 5) is 16.7. The quantitative estimate of drug-likeness (QED) is 0.773. The van der Waals surface area contributed by atoms with Gasteiger partial charge in [-0.2, -0.15) is 5.10 Å². The van der Waals surface area contributed by atoms with E-state index in [9.17, 15) is 4.79 Å². The number of anilines is 1. The van der Waals surface area contributed by atoms with Gasteiger partial charge in [0.25, 0.3) is 0 Å². The van der Waals surface area contributed by atoms with E-state index in [0.29, 0.717) is 11.4 Å². The Morgan fingerprint density at radius 2 is 2.12 bits per heavy atom. The first kappa shape index (κ1) is 16.2. The van der Waals surface area contributed by atoms with Crippen LogP contribution in [0.5, 0.6) is 5.75 Å². The lowest BCUT2D eigenvalue weighted by atomic mass is 10.2. The number of methoxy groups -OCH3 is 1. The number of carbonyl (C=O) groups is 1. The first-order valence-corrected chi connectivity index (χ1v) is 8.35. The zero-order valence-electron chi connectivity index (χ0n) is 13.7. The summed E-state index contributed by atoms with van der Waals surface area (Å²) in [6.45, 7) is 3.92. The Balaban J connectivity index is 1.70. The third kappa shape index (κ3) is 3.46. The number of hydrogen-bond donors (Lipinski definition) is 1. The maximum absolute atomic E-state index is 12.2. The molecular formula is C17H18N4O2S. The van der Waals surface area contributed by atoms with Crippen LogP contribution in [0.1, 0.15) is 17.1 Å². The smallest absolute Gasteiger partial charge is 0.230 e. The lowest BCUT2D eigenvalue weighted by Gasteiger charge is -2.08. The van der Waals surface area contributed by atoms with E-state index in [1.54, 1.807) is 23.9 Å². The Hall–Kier alpha value is -2.67. The van der Waals surface area contributed by atoms with Crippen molar-refractivity contribution in [3.63, 3.8) is 0 Å². The predicted molar refractivity (Wildman–Crippen MR) is 94.0 cm³/mol. The summed E-state index contributed by atoms with van der Waals surface area (Å²) in [5.74, 6) is 0.497. The zero-order valence-corrected chi connectivity index (χ0v) is 14.6. The van der Waals surface area contributed by atoms with Gasteiger partial charge in [0.15, 0.2) is 0 Å². The molecule has 6 nitrogen and oxygen atoms in total. The summed E-state index contributed by atoms with van der Waals surface area (Å²) in [5.41, 5.74) is 3.33. The van der Waals surface area contributed by atoms with Crippen LogP contribution in [0.25, 0.3) is 5.13 Å². The van der Waals surface area contributed by atoms with E-state index >= 15 is 0 Å². The summed E-state index contributed by atoms with van der Waals surface area (Å²) in [7, 11) is 1.58. The molecule has 0 fully saturated rings. The van der Waals surface area contributed by atoms with Crippen molar-refractivity contribution in [3.05, 3.63) is 52.8 Å². The molecule has 7 heteroatoms. The summed E-state index contributed by atoms with van der Waals surface area (Å²) in [6, 6.07) is 9.31. The van der Waals surface area contributed by atoms with Crippen molar-refractivity contribution in [2.24, 2.45) is 0 Å². The molecule has 0 saturated carbocycles. The van der Waals surface area contributed by atoms with E-state index in [0.717, 1.165) is 22.2 Å². The molecule has 0 unspecified atom stereocenters. The number of aryl methyl sites for hydroxylation is 2. The highest BCUT2D eigenvalue weighted by molar-refractivity contribution is 7.12. The van der Waals surface area contributed by atoms with Gasteiger partial charge in [-0.3, -0.25) is 4.79 Å². The van der Waals surface area contributed by atoms with Crippen molar-refractivity contribution < 1.29 is 9.53 Å². The lowest BCUT2D eigenvalue weighted by Crippen LogP contribution is -2.15. The Morgan fingerprint density at radius 1 is 1.33 bits per heavy atom. The molecule has 3 rings (SSSR count). The number of rotatable bonds is 5. The highest BCUT2D eigenvalue weighted by Crippen LogP contribution is 2.23. The number of para-hydroxylation sites is 2. The monoisotopic (exact) mass is 342 g/mol. The summed E-state index contributed by atoms with van der Waals surface area (Å²) in [5, 5.41) is 9.91. The Bertz CT molecular complexity index is 869. The fourth-order valence-corrected chi connectivity index (χ4v) is 3.24. The zero-order chi connectivity index (χ0) is 17.1. The van der Waals surface area contributed by atoms with Gasteiger partial charge in [0, 0.05) is 11.1 Å². The highest BCUT2D eigenvalue weighted by Gasteiger charge is 2.12. The standard InChI is InChI=1S/C17H18N4O2S/c1-11-8-12(2)21(20-11)17-18-13(10-24-17)9-16(22)19-14-6-4-5-7-15(14)23-3/h4-8,10H,9H2,1-3H3,(H,19,22). The number of nitrogens with one attached hydrogen (secondary N) is 1. The Morgan fingerprint density at radius 3 is 2.83 bits per heavy atom. The van der Waals surface area contributed by atoms with Crippen LogP contribution in [0.2, 0.25) is 0 Å². The minimum absolute atomic E-state index is 0.135. The fraction of sp³-hybridized carbons (Fsp3) is 0.235. The van der Waals surface area contributed by atoms with Crippen LogP contribution in [0, 0.1) is 13.8 Å². The molecule has 0 atom stereocenters. The van der Waals surface area contributed by atoms with Crippen LogP contribution in [-0.2, 0) is 11.2 Å². The van der Waals surface area contributed by atoms with Crippen LogP contribution in [0.3, 0.4) is 0 Å². The van der Waals surface area contributed by atoms with Gasteiger partial charge in [-0.15, -0.1) is 11.3 Å². The predicted octanol–water partition coefficient (Wildman–Crippen LogP) is 3.14. The third-order valence-electron chi connectivity index (χ3n) is 3.45. The fourth-order valence-electron chi connectivity index (χ4n) is 2.40. The van der Waals surface area contributed by atoms with Crippen LogP contribution in [-0.4, -0.2) is 27.8 Å². The lowest BCUT2D eigenvalue weighted by molar-refractivity contribution is -0.115. The van der Waals surface area contributed by atoms with Gasteiger partial charge in [0.05, 0.1) is 30.6 Å². The van der Waals surface area contributed by atoms with Crippen LogP contribution < -0.4 is 10.1 Å². The molecule has 2 heterocycles. The van der Waals surface area contributed by atoms with Crippen molar-refractivity contribution in [3.8, 4) is 10.9 Å². The van der Waals surface area contributed by atoms with E-state index < -0.39 is 0 Å². The van der Waals surface area contributed by atoms with Crippen LogP contribution in [0.4, 0.5) is 5.69 Å². The number of carbonyl (C=O) groups excluding carboxylic acids is 1. The molecule has 3 aromatic rings. The molecule has 0 aliphatic heterocycles. The third-order valence-corrected chi connectivity index (χ3v) is 4.32. The van der Waals surface area contributed by atoms with Crippen molar-refractivity contribution in [1.29, 1.82) is 0 Å². The molecule has 124 valence electrons.